The van der Waals surface area contributed by atoms with Crippen LogP contribution in [0.15, 0.2) is 78.9 Å². The Labute approximate surface area is 177 Å². The molecule has 0 saturated carbocycles. The highest BCUT2D eigenvalue weighted by molar-refractivity contribution is 6.31. The maximum Gasteiger partial charge on any atom is 0.264 e. The lowest BCUT2D eigenvalue weighted by Crippen LogP contribution is -2.43. The molecule has 4 aromatic rings. The molecule has 1 N–H and O–H groups in total. The Hall–Kier alpha value is -3.08. The maximum absolute atomic E-state index is 13.6. The van der Waals surface area contributed by atoms with Gasteiger partial charge in [-0.15, -0.1) is 0 Å². The van der Waals surface area contributed by atoms with Gasteiger partial charge in [-0.2, -0.15) is 0 Å². The fraction of sp³-hybridized carbons (Fsp3) is 0.0435. The van der Waals surface area contributed by atoms with E-state index in [-0.39, 0.29) is 5.91 Å². The Morgan fingerprint density at radius 3 is 2.41 bits per heavy atom. The van der Waals surface area contributed by atoms with E-state index in [4.69, 9.17) is 28.2 Å². The van der Waals surface area contributed by atoms with Gasteiger partial charge in [-0.3, -0.25) is 9.69 Å². The fourth-order valence-electron chi connectivity index (χ4n) is 3.63. The summed E-state index contributed by atoms with van der Waals surface area (Å²) in [4.78, 5) is 20.0. The molecule has 5 rings (SSSR count). The molecule has 0 spiro atoms. The average Bonchev–Trinajstić information content (AvgIpc) is 2.72. The van der Waals surface area contributed by atoms with Crippen molar-refractivity contribution in [3.63, 3.8) is 0 Å². The number of carbonyl (C=O) groups excluding carboxylic acids is 1. The number of fused-ring (bicyclic) bond motifs is 2. The lowest BCUT2D eigenvalue weighted by atomic mass is 10.0. The van der Waals surface area contributed by atoms with Crippen LogP contribution in [0.2, 0.25) is 10.0 Å². The second-order valence-corrected chi connectivity index (χ2v) is 7.71. The normalized spacial score (nSPS) is 15.9. The molecule has 1 amide bonds. The summed E-state index contributed by atoms with van der Waals surface area (Å²) in [5.41, 5.74) is 2.89. The molecule has 0 bridgehead atoms. The Balaban J connectivity index is 1.72. The highest BCUT2D eigenvalue weighted by Gasteiger charge is 2.35. The molecule has 0 unspecified atom stereocenters. The van der Waals surface area contributed by atoms with Crippen molar-refractivity contribution in [1.82, 2.24) is 4.98 Å². The Kier molecular flexibility index (Phi) is 4.38. The number of nitrogens with one attached hydrogen (secondary N) is 1. The minimum Gasteiger partial charge on any atom is -0.345 e. The number of nitrogens with zero attached hydrogens (tertiary/aromatic N) is 2. The molecule has 0 aliphatic carbocycles. The third-order valence-corrected chi connectivity index (χ3v) is 5.43. The highest BCUT2D eigenvalue weighted by atomic mass is 35.5. The van der Waals surface area contributed by atoms with E-state index in [1.165, 1.54) is 0 Å². The summed E-state index contributed by atoms with van der Waals surface area (Å²) in [5.74, 6) is 0.404. The first-order valence-electron chi connectivity index (χ1n) is 9.11. The second-order valence-electron chi connectivity index (χ2n) is 6.83. The molecular weight excluding hydrogens is 405 g/mol. The third-order valence-electron chi connectivity index (χ3n) is 4.96. The van der Waals surface area contributed by atoms with Gasteiger partial charge in [-0.05, 0) is 48.0 Å². The summed E-state index contributed by atoms with van der Waals surface area (Å²) >= 11 is 12.4. The maximum atomic E-state index is 13.6. The Morgan fingerprint density at radius 2 is 1.62 bits per heavy atom. The van der Waals surface area contributed by atoms with Crippen LogP contribution < -0.4 is 10.2 Å². The zero-order valence-corrected chi connectivity index (χ0v) is 16.7. The first-order chi connectivity index (χ1) is 14.1. The Morgan fingerprint density at radius 1 is 0.862 bits per heavy atom. The van der Waals surface area contributed by atoms with Gasteiger partial charge in [0.25, 0.3) is 5.91 Å². The van der Waals surface area contributed by atoms with E-state index in [0.717, 1.165) is 16.5 Å². The molecule has 2 heterocycles. The largest absolute Gasteiger partial charge is 0.345 e. The van der Waals surface area contributed by atoms with Crippen LogP contribution in [-0.2, 0) is 0 Å². The van der Waals surface area contributed by atoms with E-state index >= 15 is 0 Å². The van der Waals surface area contributed by atoms with Gasteiger partial charge < -0.3 is 5.32 Å². The third kappa shape index (κ3) is 3.20. The van der Waals surface area contributed by atoms with Crippen molar-refractivity contribution in [2.75, 3.05) is 10.2 Å². The van der Waals surface area contributed by atoms with Crippen molar-refractivity contribution in [3.8, 4) is 0 Å². The van der Waals surface area contributed by atoms with Crippen LogP contribution >= 0.6 is 23.2 Å². The zero-order valence-electron chi connectivity index (χ0n) is 15.1. The molecule has 1 aromatic heterocycles. The number of para-hydroxylation sites is 1. The van der Waals surface area contributed by atoms with Crippen molar-refractivity contribution < 1.29 is 4.79 Å². The number of carbonyl (C=O) groups is 1. The van der Waals surface area contributed by atoms with Gasteiger partial charge in [0.15, 0.2) is 0 Å². The topological polar surface area (TPSA) is 45.2 Å². The Bertz CT molecular complexity index is 1260. The monoisotopic (exact) mass is 419 g/mol. The van der Waals surface area contributed by atoms with Crippen molar-refractivity contribution >= 4 is 51.5 Å². The molecule has 1 aliphatic heterocycles. The molecule has 1 atom stereocenters. The van der Waals surface area contributed by atoms with Crippen molar-refractivity contribution in [2.24, 2.45) is 0 Å². The molecule has 29 heavy (non-hydrogen) atoms. The van der Waals surface area contributed by atoms with Gasteiger partial charge in [-0.1, -0.05) is 59.6 Å². The van der Waals surface area contributed by atoms with E-state index in [9.17, 15) is 4.79 Å². The number of halogens is 2. The van der Waals surface area contributed by atoms with Crippen molar-refractivity contribution in [1.29, 1.82) is 0 Å². The summed E-state index contributed by atoms with van der Waals surface area (Å²) in [6.07, 6.45) is -0.471. The van der Waals surface area contributed by atoms with Crippen LogP contribution in [0.1, 0.15) is 22.1 Å². The lowest BCUT2D eigenvalue weighted by Gasteiger charge is -2.37. The summed E-state index contributed by atoms with van der Waals surface area (Å²) in [6.45, 7) is 0. The number of rotatable bonds is 2. The molecule has 3 aromatic carbocycles. The number of hydrogen-bond acceptors (Lipinski definition) is 3. The smallest absolute Gasteiger partial charge is 0.264 e. The van der Waals surface area contributed by atoms with E-state index in [2.05, 4.69) is 5.32 Å². The van der Waals surface area contributed by atoms with Crippen LogP contribution in [0.25, 0.3) is 10.9 Å². The van der Waals surface area contributed by atoms with Crippen LogP contribution in [-0.4, -0.2) is 10.9 Å². The van der Waals surface area contributed by atoms with E-state index in [1.54, 1.807) is 23.1 Å². The standard InChI is InChI=1S/C23H15Cl2N3O/c24-16-7-3-6-15(11-16)22-27-21-19(12-14-5-1-2-10-20(14)26-21)23(29)28(22)18-9-4-8-17(25)13-18/h1-13,22H,(H,26,27)/t22-/m0/s1. The fourth-order valence-corrected chi connectivity index (χ4v) is 4.01. The molecule has 0 saturated heterocycles. The predicted octanol–water partition coefficient (Wildman–Crippen LogP) is 6.31. The first-order valence-corrected chi connectivity index (χ1v) is 9.87. The summed E-state index contributed by atoms with van der Waals surface area (Å²) < 4.78 is 0. The molecule has 1 aliphatic rings. The minimum absolute atomic E-state index is 0.149. The van der Waals surface area contributed by atoms with Crippen molar-refractivity contribution in [2.45, 2.75) is 6.17 Å². The quantitative estimate of drug-likeness (QED) is 0.413. The predicted molar refractivity (Wildman–Crippen MR) is 118 cm³/mol. The van der Waals surface area contributed by atoms with Crippen LogP contribution in [0.4, 0.5) is 11.5 Å². The van der Waals surface area contributed by atoms with Gasteiger partial charge in [0.2, 0.25) is 0 Å². The molecule has 4 nitrogen and oxygen atoms in total. The van der Waals surface area contributed by atoms with E-state index < -0.39 is 6.17 Å². The van der Waals surface area contributed by atoms with Gasteiger partial charge in [0.05, 0.1) is 11.1 Å². The van der Waals surface area contributed by atoms with E-state index in [1.807, 2.05) is 60.7 Å². The second kappa shape index (κ2) is 7.07. The van der Waals surface area contributed by atoms with Gasteiger partial charge in [0.1, 0.15) is 12.0 Å². The number of pyridine rings is 1. The first kappa shape index (κ1) is 18.0. The lowest BCUT2D eigenvalue weighted by molar-refractivity contribution is 0.0974. The molecule has 0 radical (unpaired) electrons. The van der Waals surface area contributed by atoms with Crippen LogP contribution in [0.5, 0.6) is 0 Å². The summed E-state index contributed by atoms with van der Waals surface area (Å²) in [7, 11) is 0. The number of amides is 1. The number of hydrogen-bond donors (Lipinski definition) is 1. The highest BCUT2D eigenvalue weighted by Crippen LogP contribution is 2.38. The summed E-state index contributed by atoms with van der Waals surface area (Å²) in [5, 5.41) is 5.49. The minimum atomic E-state index is -0.471. The average molecular weight is 420 g/mol. The van der Waals surface area contributed by atoms with Crippen LogP contribution in [0, 0.1) is 0 Å². The van der Waals surface area contributed by atoms with Gasteiger partial charge in [-0.25, -0.2) is 4.98 Å². The number of aromatic nitrogens is 1. The SMILES string of the molecule is O=C1c2cc3ccccc3nc2N[C@H](c2cccc(Cl)c2)N1c1cccc(Cl)c1. The van der Waals surface area contributed by atoms with Gasteiger partial charge in [0, 0.05) is 21.1 Å². The molecular formula is C23H15Cl2N3O. The molecule has 0 fully saturated rings. The zero-order chi connectivity index (χ0) is 20.0. The summed E-state index contributed by atoms with van der Waals surface area (Å²) in [6, 6.07) is 24.3. The number of anilines is 2. The number of benzene rings is 3. The molecule has 6 heteroatoms. The van der Waals surface area contributed by atoms with Crippen molar-refractivity contribution in [3.05, 3.63) is 100 Å². The van der Waals surface area contributed by atoms with Crippen LogP contribution in [0.3, 0.4) is 0 Å². The van der Waals surface area contributed by atoms with Gasteiger partial charge >= 0.3 is 0 Å². The molecule has 142 valence electrons. The van der Waals surface area contributed by atoms with E-state index in [0.29, 0.717) is 27.1 Å².